The smallest absolute Gasteiger partial charge is 0.408 e. The molecule has 0 aliphatic carbocycles. The van der Waals surface area contributed by atoms with Gasteiger partial charge in [0, 0.05) is 18.2 Å². The van der Waals surface area contributed by atoms with Gasteiger partial charge in [-0.1, -0.05) is 45.4 Å². The Morgan fingerprint density at radius 1 is 1.05 bits per heavy atom. The predicted octanol–water partition coefficient (Wildman–Crippen LogP) is 4.38. The second-order valence-electron chi connectivity index (χ2n) is 10.8. The molecule has 0 aliphatic rings. The molecule has 0 saturated heterocycles. The standard InChI is InChI=1S/C29H47N3O7/c1-10-18(4)23(31-28(37)39-29(7,8)9)27(36)32(20(6)11-2)24(21-15-13-14-19(5)25(21)34)26(35)30-17-16-22(33)38-12-3/h13-15,18,20,23-24,34H,10-12,16-17H2,1-9H3,(H,30,35)(H,31,37). The van der Waals surface area contributed by atoms with Crippen LogP contribution in [0.5, 0.6) is 5.75 Å². The zero-order valence-corrected chi connectivity index (χ0v) is 24.9. The van der Waals surface area contributed by atoms with E-state index in [-0.39, 0.29) is 36.8 Å². The Labute approximate surface area is 232 Å². The lowest BCUT2D eigenvalue weighted by atomic mass is 9.93. The van der Waals surface area contributed by atoms with Gasteiger partial charge in [-0.15, -0.1) is 0 Å². The van der Waals surface area contributed by atoms with Crippen LogP contribution in [0.25, 0.3) is 0 Å². The van der Waals surface area contributed by atoms with Crippen LogP contribution < -0.4 is 10.6 Å². The zero-order chi connectivity index (χ0) is 29.9. The van der Waals surface area contributed by atoms with E-state index in [1.54, 1.807) is 52.8 Å². The fraction of sp³-hybridized carbons (Fsp3) is 0.655. The summed E-state index contributed by atoms with van der Waals surface area (Å²) in [6, 6.07) is 2.36. The van der Waals surface area contributed by atoms with E-state index in [1.807, 2.05) is 27.7 Å². The van der Waals surface area contributed by atoms with Crippen LogP contribution in [0, 0.1) is 12.8 Å². The van der Waals surface area contributed by atoms with Crippen molar-refractivity contribution in [2.45, 2.75) is 105 Å². The number of carbonyl (C=O) groups excluding carboxylic acids is 4. The maximum atomic E-state index is 14.2. The van der Waals surface area contributed by atoms with Gasteiger partial charge in [-0.05, 0) is 59.4 Å². The molecule has 10 heteroatoms. The van der Waals surface area contributed by atoms with E-state index in [0.29, 0.717) is 18.4 Å². The Kier molecular flexibility index (Phi) is 13.3. The number of alkyl carbamates (subject to hydrolysis) is 1. The number of carbonyl (C=O) groups is 4. The number of benzene rings is 1. The van der Waals surface area contributed by atoms with E-state index in [1.165, 1.54) is 4.90 Å². The Balaban J connectivity index is 3.57. The summed E-state index contributed by atoms with van der Waals surface area (Å²) in [5.41, 5.74) is 0.0225. The number of nitrogens with one attached hydrogen (secondary N) is 2. The highest BCUT2D eigenvalue weighted by atomic mass is 16.6. The number of amides is 3. The average Bonchev–Trinajstić information content (AvgIpc) is 2.85. The Hall–Kier alpha value is -3.30. The number of nitrogens with zero attached hydrogens (tertiary/aromatic N) is 1. The van der Waals surface area contributed by atoms with E-state index in [2.05, 4.69) is 10.6 Å². The monoisotopic (exact) mass is 549 g/mol. The molecule has 1 rings (SSSR count). The molecule has 4 atom stereocenters. The fourth-order valence-corrected chi connectivity index (χ4v) is 4.01. The second-order valence-corrected chi connectivity index (χ2v) is 10.8. The van der Waals surface area contributed by atoms with Crippen LogP contribution in [-0.2, 0) is 23.9 Å². The Bertz CT molecular complexity index is 990. The van der Waals surface area contributed by atoms with Gasteiger partial charge in [-0.3, -0.25) is 14.4 Å². The molecule has 0 aliphatic heterocycles. The largest absolute Gasteiger partial charge is 0.507 e. The Morgan fingerprint density at radius 2 is 1.69 bits per heavy atom. The van der Waals surface area contributed by atoms with Crippen molar-refractivity contribution in [3.8, 4) is 5.75 Å². The molecule has 1 aromatic rings. The molecule has 0 heterocycles. The zero-order valence-electron chi connectivity index (χ0n) is 24.9. The topological polar surface area (TPSA) is 134 Å². The molecule has 0 fully saturated rings. The van der Waals surface area contributed by atoms with Crippen molar-refractivity contribution in [3.63, 3.8) is 0 Å². The lowest BCUT2D eigenvalue weighted by Gasteiger charge is -2.39. The minimum atomic E-state index is -1.22. The number of aryl methyl sites for hydroxylation is 1. The van der Waals surface area contributed by atoms with Crippen molar-refractivity contribution < 1.29 is 33.8 Å². The average molecular weight is 550 g/mol. The van der Waals surface area contributed by atoms with Gasteiger partial charge in [0.2, 0.25) is 11.8 Å². The molecular weight excluding hydrogens is 502 g/mol. The lowest BCUT2D eigenvalue weighted by molar-refractivity contribution is -0.146. The van der Waals surface area contributed by atoms with Crippen LogP contribution in [0.4, 0.5) is 4.79 Å². The van der Waals surface area contributed by atoms with Gasteiger partial charge in [-0.25, -0.2) is 4.79 Å². The van der Waals surface area contributed by atoms with Gasteiger partial charge < -0.3 is 30.1 Å². The van der Waals surface area contributed by atoms with Gasteiger partial charge >= 0.3 is 12.1 Å². The highest BCUT2D eigenvalue weighted by Crippen LogP contribution is 2.34. The van der Waals surface area contributed by atoms with E-state index in [9.17, 15) is 24.3 Å². The van der Waals surface area contributed by atoms with Gasteiger partial charge in [0.15, 0.2) is 0 Å². The number of hydrogen-bond acceptors (Lipinski definition) is 7. The van der Waals surface area contributed by atoms with Gasteiger partial charge in [0.05, 0.1) is 13.0 Å². The quantitative estimate of drug-likeness (QED) is 0.311. The summed E-state index contributed by atoms with van der Waals surface area (Å²) in [6.45, 7) is 16.3. The first-order chi connectivity index (χ1) is 18.2. The van der Waals surface area contributed by atoms with Crippen LogP contribution in [0.2, 0.25) is 0 Å². The first-order valence-electron chi connectivity index (χ1n) is 13.7. The van der Waals surface area contributed by atoms with E-state index >= 15 is 0 Å². The number of ether oxygens (including phenoxy) is 2. The van der Waals surface area contributed by atoms with Gasteiger partial charge in [0.25, 0.3) is 0 Å². The number of rotatable bonds is 13. The van der Waals surface area contributed by atoms with Crippen molar-refractivity contribution in [3.05, 3.63) is 29.3 Å². The Morgan fingerprint density at radius 3 is 2.23 bits per heavy atom. The van der Waals surface area contributed by atoms with Crippen molar-refractivity contribution in [2.24, 2.45) is 5.92 Å². The minimum Gasteiger partial charge on any atom is -0.507 e. The second kappa shape index (κ2) is 15.3. The predicted molar refractivity (Wildman–Crippen MR) is 149 cm³/mol. The molecule has 1 aromatic carbocycles. The van der Waals surface area contributed by atoms with Crippen molar-refractivity contribution >= 4 is 23.9 Å². The summed E-state index contributed by atoms with van der Waals surface area (Å²) in [6.07, 6.45) is 0.301. The summed E-state index contributed by atoms with van der Waals surface area (Å²) in [4.78, 5) is 53.9. The molecule has 3 N–H and O–H groups in total. The molecule has 3 amide bonds. The van der Waals surface area contributed by atoms with Crippen molar-refractivity contribution in [1.29, 1.82) is 0 Å². The van der Waals surface area contributed by atoms with Gasteiger partial charge in [0.1, 0.15) is 23.4 Å². The minimum absolute atomic E-state index is 0.00572. The summed E-state index contributed by atoms with van der Waals surface area (Å²) in [7, 11) is 0. The van der Waals surface area contributed by atoms with E-state index in [0.717, 1.165) is 0 Å². The van der Waals surface area contributed by atoms with Crippen LogP contribution in [-0.4, -0.2) is 64.7 Å². The number of phenolic OH excluding ortho intramolecular Hbond substituents is 1. The molecule has 10 nitrogen and oxygen atoms in total. The number of para-hydroxylation sites is 1. The van der Waals surface area contributed by atoms with Crippen LogP contribution >= 0.6 is 0 Å². The molecule has 0 radical (unpaired) electrons. The molecule has 4 unspecified atom stereocenters. The SMILES string of the molecule is CCOC(=O)CCNC(=O)C(c1cccc(C)c1O)N(C(=O)C(NC(=O)OC(C)(C)C)C(C)CC)C(C)CC. The van der Waals surface area contributed by atoms with Crippen LogP contribution in [0.3, 0.4) is 0 Å². The third-order valence-electron chi connectivity index (χ3n) is 6.50. The number of esters is 1. The first-order valence-corrected chi connectivity index (χ1v) is 13.7. The van der Waals surface area contributed by atoms with Crippen LogP contribution in [0.15, 0.2) is 18.2 Å². The van der Waals surface area contributed by atoms with Crippen LogP contribution in [0.1, 0.15) is 91.8 Å². The highest BCUT2D eigenvalue weighted by Gasteiger charge is 2.41. The summed E-state index contributed by atoms with van der Waals surface area (Å²) in [5, 5.41) is 16.4. The van der Waals surface area contributed by atoms with Crippen molar-refractivity contribution in [2.75, 3.05) is 13.2 Å². The summed E-state index contributed by atoms with van der Waals surface area (Å²) in [5.74, 6) is -1.88. The maximum absolute atomic E-state index is 14.2. The van der Waals surface area contributed by atoms with E-state index < -0.39 is 47.6 Å². The maximum Gasteiger partial charge on any atom is 0.408 e. The fourth-order valence-electron chi connectivity index (χ4n) is 4.01. The molecule has 0 spiro atoms. The summed E-state index contributed by atoms with van der Waals surface area (Å²) < 4.78 is 10.4. The summed E-state index contributed by atoms with van der Waals surface area (Å²) >= 11 is 0. The third kappa shape index (κ3) is 10.1. The normalized spacial score (nSPS) is 14.4. The van der Waals surface area contributed by atoms with Gasteiger partial charge in [-0.2, -0.15) is 0 Å². The molecule has 220 valence electrons. The van der Waals surface area contributed by atoms with Crippen molar-refractivity contribution in [1.82, 2.24) is 15.5 Å². The first kappa shape index (κ1) is 33.7. The number of phenols is 1. The van der Waals surface area contributed by atoms with E-state index in [4.69, 9.17) is 9.47 Å². The number of hydrogen-bond donors (Lipinski definition) is 3. The third-order valence-corrected chi connectivity index (χ3v) is 6.50. The molecular formula is C29H47N3O7. The lowest BCUT2D eigenvalue weighted by Crippen LogP contribution is -2.57. The molecule has 39 heavy (non-hydrogen) atoms. The molecule has 0 aromatic heterocycles. The molecule has 0 bridgehead atoms. The molecule has 0 saturated carbocycles. The highest BCUT2D eigenvalue weighted by molar-refractivity contribution is 5.93. The number of aromatic hydroxyl groups is 1.